The van der Waals surface area contributed by atoms with Crippen LogP contribution in [-0.4, -0.2) is 22.2 Å². The smallest absolute Gasteiger partial charge is 0.275 e. The van der Waals surface area contributed by atoms with Crippen molar-refractivity contribution in [3.63, 3.8) is 0 Å². The van der Waals surface area contributed by atoms with Gasteiger partial charge in [0.25, 0.3) is 5.91 Å². The van der Waals surface area contributed by atoms with Crippen LogP contribution in [0.25, 0.3) is 5.69 Å². The lowest BCUT2D eigenvalue weighted by atomic mass is 10.1. The van der Waals surface area contributed by atoms with Gasteiger partial charge in [-0.1, -0.05) is 42.5 Å². The molecular weight excluding hydrogens is 412 g/mol. The third-order valence-corrected chi connectivity index (χ3v) is 4.84. The molecule has 32 heavy (non-hydrogen) atoms. The first-order chi connectivity index (χ1) is 15.6. The Morgan fingerprint density at radius 3 is 2.22 bits per heavy atom. The molecule has 1 heterocycles. The van der Waals surface area contributed by atoms with Gasteiger partial charge in [0, 0.05) is 6.54 Å². The van der Waals surface area contributed by atoms with Crippen LogP contribution in [-0.2, 0) is 13.0 Å². The topological polar surface area (TPSA) is 56.2 Å². The van der Waals surface area contributed by atoms with E-state index in [-0.39, 0.29) is 35.6 Å². The summed E-state index contributed by atoms with van der Waals surface area (Å²) in [6.45, 7) is 0.573. The number of carbonyl (C=O) groups is 1. The molecule has 0 radical (unpaired) electrons. The molecule has 1 N–H and O–H groups in total. The van der Waals surface area contributed by atoms with Crippen molar-refractivity contribution in [2.75, 3.05) is 6.54 Å². The molecule has 1 amide bonds. The summed E-state index contributed by atoms with van der Waals surface area (Å²) in [5, 5.41) is 7.22. The maximum atomic E-state index is 13.3. The molecule has 0 aliphatic rings. The van der Waals surface area contributed by atoms with Gasteiger partial charge >= 0.3 is 0 Å². The van der Waals surface area contributed by atoms with Crippen molar-refractivity contribution in [3.8, 4) is 11.4 Å². The van der Waals surface area contributed by atoms with Crippen LogP contribution in [0.5, 0.6) is 5.75 Å². The van der Waals surface area contributed by atoms with E-state index < -0.39 is 0 Å². The Labute approximate surface area is 184 Å². The lowest BCUT2D eigenvalue weighted by Gasteiger charge is -2.07. The molecule has 7 heteroatoms. The summed E-state index contributed by atoms with van der Waals surface area (Å²) in [7, 11) is 0. The number of ether oxygens (including phenoxy) is 1. The number of aromatic nitrogens is 2. The highest BCUT2D eigenvalue weighted by molar-refractivity contribution is 5.95. The largest absolute Gasteiger partial charge is 0.485 e. The van der Waals surface area contributed by atoms with Crippen molar-refractivity contribution >= 4 is 5.91 Å². The van der Waals surface area contributed by atoms with Crippen molar-refractivity contribution < 1.29 is 18.3 Å². The number of carbonyl (C=O) groups excluding carboxylic acids is 1. The summed E-state index contributed by atoms with van der Waals surface area (Å²) in [5.74, 6) is -0.810. The standard InChI is InChI=1S/C25H21F2N3O2/c26-20-8-6-19(7-9-20)17-32-23-16-30(22-12-10-21(27)11-13-22)29-24(23)25(31)28-15-14-18-4-2-1-3-5-18/h1-13,16H,14-15,17H2,(H,28,31). The number of halogens is 2. The first-order valence-corrected chi connectivity index (χ1v) is 10.1. The predicted molar refractivity (Wildman–Crippen MR) is 117 cm³/mol. The van der Waals surface area contributed by atoms with E-state index in [1.54, 1.807) is 30.5 Å². The molecule has 1 aromatic heterocycles. The second-order valence-corrected chi connectivity index (χ2v) is 7.17. The van der Waals surface area contributed by atoms with Gasteiger partial charge in [0.2, 0.25) is 0 Å². The second-order valence-electron chi connectivity index (χ2n) is 7.17. The fourth-order valence-corrected chi connectivity index (χ4v) is 3.14. The predicted octanol–water partition coefficient (Wildman–Crippen LogP) is 4.70. The van der Waals surface area contributed by atoms with Gasteiger partial charge in [-0.25, -0.2) is 13.5 Å². The van der Waals surface area contributed by atoms with Crippen LogP contribution in [0.15, 0.2) is 85.1 Å². The summed E-state index contributed by atoms with van der Waals surface area (Å²) < 4.78 is 33.7. The number of benzene rings is 3. The highest BCUT2D eigenvalue weighted by atomic mass is 19.1. The maximum Gasteiger partial charge on any atom is 0.275 e. The van der Waals surface area contributed by atoms with Gasteiger partial charge in [-0.15, -0.1) is 0 Å². The van der Waals surface area contributed by atoms with Gasteiger partial charge in [0.1, 0.15) is 18.2 Å². The molecule has 4 rings (SSSR count). The summed E-state index contributed by atoms with van der Waals surface area (Å²) in [6, 6.07) is 21.5. The van der Waals surface area contributed by atoms with Crippen molar-refractivity contribution in [2.24, 2.45) is 0 Å². The van der Waals surface area contributed by atoms with Gasteiger partial charge in [-0.2, -0.15) is 5.10 Å². The SMILES string of the molecule is O=C(NCCc1ccccc1)c1nn(-c2ccc(F)cc2)cc1OCc1ccc(F)cc1. The summed E-state index contributed by atoms with van der Waals surface area (Å²) in [4.78, 5) is 12.8. The zero-order valence-corrected chi connectivity index (χ0v) is 17.2. The zero-order valence-electron chi connectivity index (χ0n) is 17.2. The number of hydrogen-bond acceptors (Lipinski definition) is 3. The van der Waals surface area contributed by atoms with Crippen molar-refractivity contribution in [1.29, 1.82) is 0 Å². The Hall–Kier alpha value is -4.00. The molecule has 0 atom stereocenters. The first-order valence-electron chi connectivity index (χ1n) is 10.1. The van der Waals surface area contributed by atoms with E-state index in [1.807, 2.05) is 30.3 Å². The molecule has 0 fully saturated rings. The molecule has 0 aliphatic heterocycles. The average Bonchev–Trinajstić information content (AvgIpc) is 3.24. The minimum atomic E-state index is -0.379. The van der Waals surface area contributed by atoms with Crippen molar-refractivity contribution in [1.82, 2.24) is 15.1 Å². The van der Waals surface area contributed by atoms with Crippen LogP contribution in [0, 0.1) is 11.6 Å². The van der Waals surface area contributed by atoms with Crippen molar-refractivity contribution in [3.05, 3.63) is 114 Å². The highest BCUT2D eigenvalue weighted by Gasteiger charge is 2.19. The van der Waals surface area contributed by atoms with Crippen LogP contribution < -0.4 is 10.1 Å². The van der Waals surface area contributed by atoms with E-state index in [1.165, 1.54) is 28.9 Å². The molecule has 0 saturated heterocycles. The molecule has 0 aliphatic carbocycles. The number of amides is 1. The van der Waals surface area contributed by atoms with Crippen molar-refractivity contribution in [2.45, 2.75) is 13.0 Å². The number of nitrogens with one attached hydrogen (secondary N) is 1. The fraction of sp³-hybridized carbons (Fsp3) is 0.120. The normalized spacial score (nSPS) is 10.7. The van der Waals surface area contributed by atoms with Crippen LogP contribution in [0.3, 0.4) is 0 Å². The Morgan fingerprint density at radius 2 is 1.53 bits per heavy atom. The zero-order chi connectivity index (χ0) is 22.3. The molecule has 5 nitrogen and oxygen atoms in total. The van der Waals surface area contributed by atoms with Gasteiger partial charge in [0.15, 0.2) is 11.4 Å². The Kier molecular flexibility index (Phi) is 6.55. The summed E-state index contributed by atoms with van der Waals surface area (Å²) >= 11 is 0. The van der Waals surface area contributed by atoms with Gasteiger partial charge in [-0.3, -0.25) is 4.79 Å². The van der Waals surface area contributed by atoms with E-state index in [2.05, 4.69) is 10.4 Å². The van der Waals surface area contributed by atoms with E-state index >= 15 is 0 Å². The number of hydrogen-bond donors (Lipinski definition) is 1. The summed E-state index contributed by atoms with van der Waals surface area (Å²) in [6.07, 6.45) is 2.25. The average molecular weight is 433 g/mol. The first kappa shape index (κ1) is 21.2. The Balaban J connectivity index is 1.51. The molecular formula is C25H21F2N3O2. The van der Waals surface area contributed by atoms with Crippen LogP contribution in [0.2, 0.25) is 0 Å². The number of rotatable bonds is 8. The van der Waals surface area contributed by atoms with E-state index in [0.29, 0.717) is 18.7 Å². The van der Waals surface area contributed by atoms with E-state index in [0.717, 1.165) is 11.1 Å². The molecule has 162 valence electrons. The molecule has 0 unspecified atom stereocenters. The van der Waals surface area contributed by atoms with Crippen LogP contribution >= 0.6 is 0 Å². The Morgan fingerprint density at radius 1 is 0.875 bits per heavy atom. The third-order valence-electron chi connectivity index (χ3n) is 4.84. The highest BCUT2D eigenvalue weighted by Crippen LogP contribution is 2.22. The molecule has 4 aromatic rings. The van der Waals surface area contributed by atoms with Gasteiger partial charge in [-0.05, 0) is 53.9 Å². The minimum absolute atomic E-state index is 0.115. The Bertz CT molecular complexity index is 1170. The van der Waals surface area contributed by atoms with Gasteiger partial charge < -0.3 is 10.1 Å². The molecule has 0 saturated carbocycles. The van der Waals surface area contributed by atoms with E-state index in [4.69, 9.17) is 4.74 Å². The summed E-state index contributed by atoms with van der Waals surface area (Å²) in [5.41, 5.74) is 2.56. The quantitative estimate of drug-likeness (QED) is 0.438. The molecule has 0 bridgehead atoms. The number of nitrogens with zero attached hydrogens (tertiary/aromatic N) is 2. The lowest BCUT2D eigenvalue weighted by Crippen LogP contribution is -2.26. The fourth-order valence-electron chi connectivity index (χ4n) is 3.14. The molecule has 0 spiro atoms. The van der Waals surface area contributed by atoms with Crippen LogP contribution in [0.4, 0.5) is 8.78 Å². The minimum Gasteiger partial charge on any atom is -0.485 e. The maximum absolute atomic E-state index is 13.3. The van der Waals surface area contributed by atoms with E-state index in [9.17, 15) is 13.6 Å². The third kappa shape index (κ3) is 5.37. The molecule has 3 aromatic carbocycles. The second kappa shape index (κ2) is 9.87. The van der Waals surface area contributed by atoms with Gasteiger partial charge in [0.05, 0.1) is 11.9 Å². The van der Waals surface area contributed by atoms with Crippen LogP contribution in [0.1, 0.15) is 21.6 Å². The monoisotopic (exact) mass is 433 g/mol. The lowest BCUT2D eigenvalue weighted by molar-refractivity contribution is 0.0944.